The number of aryl methyl sites for hydroxylation is 1. The Labute approximate surface area is 192 Å². The molecule has 2 atom stereocenters. The fraction of sp³-hybridized carbons (Fsp3) is 0.308. The molecule has 2 aromatic carbocycles. The average molecular weight is 447 g/mol. The number of ether oxygens (including phenoxy) is 2. The van der Waals surface area contributed by atoms with Gasteiger partial charge < -0.3 is 24.4 Å². The number of aromatic nitrogens is 1. The zero-order valence-corrected chi connectivity index (χ0v) is 18.8. The number of ketones is 1. The van der Waals surface area contributed by atoms with Gasteiger partial charge in [0.1, 0.15) is 5.75 Å². The summed E-state index contributed by atoms with van der Waals surface area (Å²) in [4.78, 5) is 13.7. The summed E-state index contributed by atoms with van der Waals surface area (Å²) in [6, 6.07) is 13.1. The van der Waals surface area contributed by atoms with E-state index in [9.17, 15) is 9.90 Å². The van der Waals surface area contributed by atoms with Crippen LogP contribution in [0.5, 0.6) is 17.2 Å². The van der Waals surface area contributed by atoms with Crippen LogP contribution in [0.1, 0.15) is 54.0 Å². The van der Waals surface area contributed by atoms with Crippen LogP contribution in [0.25, 0.3) is 0 Å². The third kappa shape index (κ3) is 3.53. The molecule has 0 saturated heterocycles. The molecule has 0 unspecified atom stereocenters. The molecule has 2 aliphatic rings. The lowest BCUT2D eigenvalue weighted by molar-refractivity contribution is -0.116. The summed E-state index contributed by atoms with van der Waals surface area (Å²) in [6.07, 6.45) is 0.989. The van der Waals surface area contributed by atoms with E-state index >= 15 is 0 Å². The Balaban J connectivity index is 1.61. The third-order valence-electron chi connectivity index (χ3n) is 6.46. The SMILES string of the molecule is CCOc1ccccc1[C@H]1C2=C(C[C@@H](c3ccc(O)c(OC)c3)CC2=O)Nc2onc(C)c21. The van der Waals surface area contributed by atoms with Crippen LogP contribution in [-0.4, -0.2) is 29.8 Å². The molecule has 0 spiro atoms. The standard InChI is InChI=1S/C26H26N2O5/c1-4-32-21-8-6-5-7-17(21)24-23-14(2)28-33-26(23)27-18-11-16(12-20(30)25(18)24)15-9-10-19(29)22(13-15)31-3/h5-10,13,16,24,27,29H,4,11-12H2,1-3H3/t16-,24-/m1/s1. The first-order valence-electron chi connectivity index (χ1n) is 11.1. The summed E-state index contributed by atoms with van der Waals surface area (Å²) < 4.78 is 16.8. The molecule has 0 saturated carbocycles. The topological polar surface area (TPSA) is 93.8 Å². The van der Waals surface area contributed by atoms with Crippen molar-refractivity contribution in [2.45, 2.75) is 38.5 Å². The molecule has 0 fully saturated rings. The highest BCUT2D eigenvalue weighted by Gasteiger charge is 2.42. The van der Waals surface area contributed by atoms with Crippen LogP contribution >= 0.6 is 0 Å². The highest BCUT2D eigenvalue weighted by atomic mass is 16.5. The molecule has 7 heteroatoms. The molecule has 7 nitrogen and oxygen atoms in total. The van der Waals surface area contributed by atoms with Crippen molar-refractivity contribution in [3.8, 4) is 17.2 Å². The number of carbonyl (C=O) groups excluding carboxylic acids is 1. The van der Waals surface area contributed by atoms with Crippen molar-refractivity contribution in [2.24, 2.45) is 0 Å². The normalized spacial score (nSPS) is 19.5. The van der Waals surface area contributed by atoms with Gasteiger partial charge in [-0.15, -0.1) is 0 Å². The van der Waals surface area contributed by atoms with Gasteiger partial charge >= 0.3 is 0 Å². The molecule has 3 aromatic rings. The number of Topliss-reactive ketones (excluding diaryl/α,β-unsaturated/α-hetero) is 1. The Morgan fingerprint density at radius 2 is 2.00 bits per heavy atom. The van der Waals surface area contributed by atoms with Crippen molar-refractivity contribution < 1.29 is 23.9 Å². The van der Waals surface area contributed by atoms with E-state index in [1.165, 1.54) is 7.11 Å². The number of methoxy groups -OCH3 is 1. The number of anilines is 1. The van der Waals surface area contributed by atoms with Crippen LogP contribution in [0.3, 0.4) is 0 Å². The Kier molecular flexibility index (Phi) is 5.32. The zero-order chi connectivity index (χ0) is 23.1. The predicted molar refractivity (Wildman–Crippen MR) is 123 cm³/mol. The molecule has 33 heavy (non-hydrogen) atoms. The molecule has 5 rings (SSSR count). The highest BCUT2D eigenvalue weighted by Crippen LogP contribution is 2.51. The second kappa shape index (κ2) is 8.31. The predicted octanol–water partition coefficient (Wildman–Crippen LogP) is 5.05. The third-order valence-corrected chi connectivity index (χ3v) is 6.46. The molecule has 2 N–H and O–H groups in total. The Morgan fingerprint density at radius 3 is 2.79 bits per heavy atom. The molecule has 2 heterocycles. The number of allylic oxidation sites excluding steroid dienone is 2. The highest BCUT2D eigenvalue weighted by molar-refractivity contribution is 6.01. The number of hydrogen-bond donors (Lipinski definition) is 2. The maximum atomic E-state index is 13.7. The van der Waals surface area contributed by atoms with E-state index in [0.29, 0.717) is 31.1 Å². The van der Waals surface area contributed by atoms with Gasteiger partial charge in [0, 0.05) is 23.3 Å². The van der Waals surface area contributed by atoms with Gasteiger partial charge in [-0.05, 0) is 49.9 Å². The van der Waals surface area contributed by atoms with Crippen molar-refractivity contribution in [1.82, 2.24) is 5.16 Å². The first-order valence-corrected chi connectivity index (χ1v) is 11.1. The number of aromatic hydroxyl groups is 1. The number of para-hydroxylation sites is 1. The molecular formula is C26H26N2O5. The van der Waals surface area contributed by atoms with E-state index in [2.05, 4.69) is 10.5 Å². The van der Waals surface area contributed by atoms with Gasteiger partial charge in [0.05, 0.1) is 30.9 Å². The lowest BCUT2D eigenvalue weighted by atomic mass is 9.72. The number of fused-ring (bicyclic) bond motifs is 1. The van der Waals surface area contributed by atoms with E-state index in [1.807, 2.05) is 44.2 Å². The lowest BCUT2D eigenvalue weighted by Crippen LogP contribution is -2.29. The number of nitrogens with zero attached hydrogens (tertiary/aromatic N) is 1. The van der Waals surface area contributed by atoms with Gasteiger partial charge in [-0.3, -0.25) is 4.79 Å². The molecule has 0 bridgehead atoms. The van der Waals surface area contributed by atoms with Gasteiger partial charge in [0.25, 0.3) is 0 Å². The number of nitrogens with one attached hydrogen (secondary N) is 1. The summed E-state index contributed by atoms with van der Waals surface area (Å²) in [5.41, 5.74) is 5.07. The summed E-state index contributed by atoms with van der Waals surface area (Å²) >= 11 is 0. The molecule has 1 aliphatic carbocycles. The van der Waals surface area contributed by atoms with Crippen LogP contribution in [0.15, 0.2) is 58.3 Å². The Bertz CT molecular complexity index is 1260. The number of rotatable bonds is 5. The molecule has 0 radical (unpaired) electrons. The molecule has 170 valence electrons. The van der Waals surface area contributed by atoms with Crippen LogP contribution in [0, 0.1) is 6.92 Å². The number of phenolic OH excluding ortho intramolecular Hbond substituents is 1. The maximum absolute atomic E-state index is 13.7. The maximum Gasteiger partial charge on any atom is 0.233 e. The largest absolute Gasteiger partial charge is 0.504 e. The van der Waals surface area contributed by atoms with Crippen molar-refractivity contribution in [3.63, 3.8) is 0 Å². The van der Waals surface area contributed by atoms with E-state index in [1.54, 1.807) is 12.1 Å². The van der Waals surface area contributed by atoms with Crippen molar-refractivity contribution in [3.05, 3.63) is 76.1 Å². The van der Waals surface area contributed by atoms with E-state index in [4.69, 9.17) is 14.0 Å². The summed E-state index contributed by atoms with van der Waals surface area (Å²) in [6.45, 7) is 4.37. The minimum absolute atomic E-state index is 0.0494. The number of carbonyl (C=O) groups is 1. The van der Waals surface area contributed by atoms with Gasteiger partial charge in [0.15, 0.2) is 17.3 Å². The first-order chi connectivity index (χ1) is 16.0. The Morgan fingerprint density at radius 1 is 1.18 bits per heavy atom. The summed E-state index contributed by atoms with van der Waals surface area (Å²) in [5.74, 6) is 1.51. The molecule has 1 aromatic heterocycles. The van der Waals surface area contributed by atoms with Crippen molar-refractivity contribution in [1.29, 1.82) is 0 Å². The summed E-state index contributed by atoms with van der Waals surface area (Å²) in [7, 11) is 1.52. The fourth-order valence-electron chi connectivity index (χ4n) is 4.97. The minimum Gasteiger partial charge on any atom is -0.504 e. The van der Waals surface area contributed by atoms with Crippen molar-refractivity contribution >= 4 is 11.7 Å². The van der Waals surface area contributed by atoms with Gasteiger partial charge in [0.2, 0.25) is 5.88 Å². The molecule has 1 aliphatic heterocycles. The van der Waals surface area contributed by atoms with Crippen molar-refractivity contribution in [2.75, 3.05) is 19.0 Å². The van der Waals surface area contributed by atoms with Gasteiger partial charge in [-0.1, -0.05) is 29.4 Å². The lowest BCUT2D eigenvalue weighted by Gasteiger charge is -2.35. The quantitative estimate of drug-likeness (QED) is 0.566. The Hall–Kier alpha value is -3.74. The minimum atomic E-state index is -0.312. The second-order valence-corrected chi connectivity index (χ2v) is 8.39. The zero-order valence-electron chi connectivity index (χ0n) is 18.8. The second-order valence-electron chi connectivity index (χ2n) is 8.39. The van der Waals surface area contributed by atoms with E-state index in [-0.39, 0.29) is 23.4 Å². The van der Waals surface area contributed by atoms with E-state index in [0.717, 1.165) is 39.4 Å². The van der Waals surface area contributed by atoms with Crippen LogP contribution in [0.4, 0.5) is 5.88 Å². The van der Waals surface area contributed by atoms with E-state index < -0.39 is 0 Å². The smallest absolute Gasteiger partial charge is 0.233 e. The number of phenols is 1. The summed E-state index contributed by atoms with van der Waals surface area (Å²) in [5, 5.41) is 17.5. The monoisotopic (exact) mass is 446 g/mol. The molecular weight excluding hydrogens is 420 g/mol. The van der Waals surface area contributed by atoms with Crippen LogP contribution in [-0.2, 0) is 4.79 Å². The molecule has 0 amide bonds. The van der Waals surface area contributed by atoms with Gasteiger partial charge in [-0.25, -0.2) is 0 Å². The average Bonchev–Trinajstić information content (AvgIpc) is 3.19. The van der Waals surface area contributed by atoms with Gasteiger partial charge in [-0.2, -0.15) is 0 Å². The van der Waals surface area contributed by atoms with Crippen LogP contribution in [0.2, 0.25) is 0 Å². The number of hydrogen-bond acceptors (Lipinski definition) is 7. The number of benzene rings is 2. The first kappa shape index (κ1) is 21.1. The fourth-order valence-corrected chi connectivity index (χ4v) is 4.97. The van der Waals surface area contributed by atoms with Crippen LogP contribution < -0.4 is 14.8 Å².